The van der Waals surface area contributed by atoms with Crippen molar-refractivity contribution in [1.29, 1.82) is 0 Å². The van der Waals surface area contributed by atoms with Crippen LogP contribution >= 0.6 is 0 Å². The molecule has 0 aliphatic rings. The molecule has 0 N–H and O–H groups in total. The Morgan fingerprint density at radius 3 is 2.56 bits per heavy atom. The predicted molar refractivity (Wildman–Crippen MR) is 43.2 cm³/mol. The van der Waals surface area contributed by atoms with E-state index in [1.807, 2.05) is 0 Å². The number of hydrogen-bond acceptors (Lipinski definition) is 0. The third-order valence-electron chi connectivity index (χ3n) is 1.43. The van der Waals surface area contributed by atoms with Gasteiger partial charge in [-0.25, -0.2) is 0 Å². The highest BCUT2D eigenvalue weighted by atomic mass is 14.0. The van der Waals surface area contributed by atoms with Crippen LogP contribution in [0.4, 0.5) is 0 Å². The fourth-order valence-electron chi connectivity index (χ4n) is 0.613. The van der Waals surface area contributed by atoms with Crippen molar-refractivity contribution in [3.05, 3.63) is 19.1 Å². The van der Waals surface area contributed by atoms with Crippen LogP contribution in [-0.2, 0) is 0 Å². The maximum Gasteiger partial charge on any atom is -0.0325 e. The summed E-state index contributed by atoms with van der Waals surface area (Å²) >= 11 is 0. The summed E-state index contributed by atoms with van der Waals surface area (Å²) in [6.45, 7) is 8.22. The van der Waals surface area contributed by atoms with Crippen LogP contribution in [0.1, 0.15) is 33.1 Å². The van der Waals surface area contributed by atoms with Gasteiger partial charge in [-0.2, -0.15) is 0 Å². The zero-order valence-corrected chi connectivity index (χ0v) is 6.56. The normalized spacial score (nSPS) is 14.6. The zero-order chi connectivity index (χ0) is 7.11. The van der Waals surface area contributed by atoms with E-state index in [4.69, 9.17) is 0 Å². The van der Waals surface area contributed by atoms with Gasteiger partial charge < -0.3 is 0 Å². The van der Waals surface area contributed by atoms with Crippen molar-refractivity contribution in [2.75, 3.05) is 0 Å². The lowest BCUT2D eigenvalue weighted by Crippen LogP contribution is -1.87. The lowest BCUT2D eigenvalue weighted by atomic mass is 10.1. The first-order chi connectivity index (χ1) is 4.31. The molecule has 0 bridgehead atoms. The minimum absolute atomic E-state index is 0.757. The van der Waals surface area contributed by atoms with Crippen LogP contribution in [0.5, 0.6) is 0 Å². The molecule has 1 atom stereocenters. The van der Waals surface area contributed by atoms with E-state index in [0.29, 0.717) is 0 Å². The fourth-order valence-corrected chi connectivity index (χ4v) is 0.613. The summed E-state index contributed by atoms with van der Waals surface area (Å²) in [6.07, 6.45) is 7.86. The molecule has 53 valence electrons. The molecular weight excluding hydrogens is 108 g/mol. The zero-order valence-electron chi connectivity index (χ0n) is 6.56. The van der Waals surface area contributed by atoms with Gasteiger partial charge in [-0.1, -0.05) is 39.3 Å². The van der Waals surface area contributed by atoms with Crippen LogP contribution in [0.15, 0.2) is 12.2 Å². The third kappa shape index (κ3) is 5.61. The van der Waals surface area contributed by atoms with E-state index >= 15 is 0 Å². The van der Waals surface area contributed by atoms with E-state index < -0.39 is 0 Å². The van der Waals surface area contributed by atoms with Gasteiger partial charge in [-0.05, 0) is 18.8 Å². The molecule has 0 aromatic rings. The summed E-state index contributed by atoms with van der Waals surface area (Å²) in [7, 11) is 0. The molecule has 0 heteroatoms. The van der Waals surface area contributed by atoms with Gasteiger partial charge in [0.1, 0.15) is 0 Å². The lowest BCUT2D eigenvalue weighted by molar-refractivity contribution is 0.600. The third-order valence-corrected chi connectivity index (χ3v) is 1.43. The maximum atomic E-state index is 3.83. The minimum atomic E-state index is 0.757. The number of hydrogen-bond donors (Lipinski definition) is 0. The van der Waals surface area contributed by atoms with Gasteiger partial charge in [0, 0.05) is 0 Å². The highest BCUT2D eigenvalue weighted by Gasteiger charge is 1.91. The van der Waals surface area contributed by atoms with Crippen molar-refractivity contribution in [3.8, 4) is 0 Å². The number of allylic oxidation sites excluding steroid dienone is 2. The van der Waals surface area contributed by atoms with E-state index in [2.05, 4.69) is 32.9 Å². The first-order valence-electron chi connectivity index (χ1n) is 3.75. The largest absolute Gasteiger partial charge is 0.0888 e. The second-order valence-electron chi connectivity index (χ2n) is 2.51. The molecule has 1 radical (unpaired) electrons. The summed E-state index contributed by atoms with van der Waals surface area (Å²) in [5.74, 6) is 0.757. The van der Waals surface area contributed by atoms with Crippen molar-refractivity contribution in [1.82, 2.24) is 0 Å². The Morgan fingerprint density at radius 2 is 2.11 bits per heavy atom. The molecule has 0 spiro atoms. The fraction of sp³-hybridized carbons (Fsp3) is 0.667. The molecular formula is C9H17. The lowest BCUT2D eigenvalue weighted by Gasteiger charge is -2.01. The van der Waals surface area contributed by atoms with Crippen LogP contribution in [0.2, 0.25) is 0 Å². The van der Waals surface area contributed by atoms with E-state index in [9.17, 15) is 0 Å². The van der Waals surface area contributed by atoms with Crippen molar-refractivity contribution in [2.24, 2.45) is 5.92 Å². The highest BCUT2D eigenvalue weighted by Crippen LogP contribution is 2.06. The molecule has 1 unspecified atom stereocenters. The van der Waals surface area contributed by atoms with Gasteiger partial charge in [0.2, 0.25) is 0 Å². The van der Waals surface area contributed by atoms with Gasteiger partial charge in [-0.15, -0.1) is 0 Å². The molecule has 0 saturated heterocycles. The molecule has 0 amide bonds. The van der Waals surface area contributed by atoms with Crippen LogP contribution in [0, 0.1) is 12.8 Å². The first-order valence-corrected chi connectivity index (χ1v) is 3.75. The minimum Gasteiger partial charge on any atom is -0.0888 e. The Morgan fingerprint density at radius 1 is 1.44 bits per heavy atom. The van der Waals surface area contributed by atoms with Gasteiger partial charge in [0.25, 0.3) is 0 Å². The smallest absolute Gasteiger partial charge is 0.0325 e. The molecule has 0 rings (SSSR count). The topological polar surface area (TPSA) is 0 Å². The van der Waals surface area contributed by atoms with E-state index in [0.717, 1.165) is 18.8 Å². The van der Waals surface area contributed by atoms with Gasteiger partial charge in [0.05, 0.1) is 0 Å². The van der Waals surface area contributed by atoms with E-state index in [-0.39, 0.29) is 0 Å². The molecule has 0 aliphatic carbocycles. The van der Waals surface area contributed by atoms with Gasteiger partial charge >= 0.3 is 0 Å². The van der Waals surface area contributed by atoms with Crippen LogP contribution < -0.4 is 0 Å². The van der Waals surface area contributed by atoms with E-state index in [1.165, 1.54) is 6.42 Å². The Balaban J connectivity index is 3.15. The van der Waals surface area contributed by atoms with Crippen LogP contribution in [0.25, 0.3) is 0 Å². The standard InChI is InChI=1S/C9H17/c1-4-6-7-8-9(3)5-2/h6-7,9H,2,4-5,8H2,1,3H3. The second-order valence-corrected chi connectivity index (χ2v) is 2.51. The molecule has 0 aliphatic heterocycles. The molecule has 0 fully saturated rings. The molecule has 9 heavy (non-hydrogen) atoms. The summed E-state index contributed by atoms with van der Waals surface area (Å²) in [5.41, 5.74) is 0. The molecule has 0 aromatic heterocycles. The monoisotopic (exact) mass is 125 g/mol. The van der Waals surface area contributed by atoms with Crippen molar-refractivity contribution in [3.63, 3.8) is 0 Å². The second kappa shape index (κ2) is 5.87. The Bertz CT molecular complexity index is 72.1. The van der Waals surface area contributed by atoms with E-state index in [1.54, 1.807) is 0 Å². The summed E-state index contributed by atoms with van der Waals surface area (Å²) in [5, 5.41) is 0. The van der Waals surface area contributed by atoms with Gasteiger partial charge in [-0.3, -0.25) is 0 Å². The van der Waals surface area contributed by atoms with Crippen LogP contribution in [0.3, 0.4) is 0 Å². The SMILES string of the molecule is [CH2]CC(C)CC=CCC. The number of rotatable bonds is 4. The average Bonchev–Trinajstić information content (AvgIpc) is 1.89. The highest BCUT2D eigenvalue weighted by molar-refractivity contribution is 4.81. The Labute approximate surface area is 59.0 Å². The summed E-state index contributed by atoms with van der Waals surface area (Å²) in [6, 6.07) is 0. The maximum absolute atomic E-state index is 3.83. The van der Waals surface area contributed by atoms with Crippen molar-refractivity contribution >= 4 is 0 Å². The van der Waals surface area contributed by atoms with Crippen LogP contribution in [-0.4, -0.2) is 0 Å². The average molecular weight is 125 g/mol. The molecule has 0 saturated carbocycles. The molecule has 0 heterocycles. The van der Waals surface area contributed by atoms with Crippen molar-refractivity contribution in [2.45, 2.75) is 33.1 Å². The quantitative estimate of drug-likeness (QED) is 0.506. The Kier molecular flexibility index (Phi) is 5.70. The van der Waals surface area contributed by atoms with Gasteiger partial charge in [0.15, 0.2) is 0 Å². The molecule has 0 aromatic carbocycles. The summed E-state index contributed by atoms with van der Waals surface area (Å²) in [4.78, 5) is 0. The summed E-state index contributed by atoms with van der Waals surface area (Å²) < 4.78 is 0. The Hall–Kier alpha value is -0.260. The predicted octanol–water partition coefficient (Wildman–Crippen LogP) is 3.20. The molecule has 0 nitrogen and oxygen atoms in total. The van der Waals surface area contributed by atoms with Crippen molar-refractivity contribution < 1.29 is 0 Å². The first kappa shape index (κ1) is 8.74.